The number of hydrogen-bond donors (Lipinski definition) is 2. The smallest absolute Gasteiger partial charge is 0.123 e. The van der Waals surface area contributed by atoms with E-state index in [1.807, 2.05) is 19.9 Å². The van der Waals surface area contributed by atoms with Gasteiger partial charge in [0.2, 0.25) is 0 Å². The largest absolute Gasteiger partial charge is 0.508 e. The van der Waals surface area contributed by atoms with Gasteiger partial charge in [-0.25, -0.2) is 4.39 Å². The van der Waals surface area contributed by atoms with Gasteiger partial charge in [0.1, 0.15) is 17.3 Å². The van der Waals surface area contributed by atoms with Crippen LogP contribution in [0.4, 0.5) is 4.39 Å². The van der Waals surface area contributed by atoms with E-state index in [0.717, 1.165) is 11.1 Å². The van der Waals surface area contributed by atoms with Gasteiger partial charge in [0.15, 0.2) is 0 Å². The summed E-state index contributed by atoms with van der Waals surface area (Å²) in [5.41, 5.74) is 1.76. The summed E-state index contributed by atoms with van der Waals surface area (Å²) >= 11 is 0. The minimum atomic E-state index is -0.246. The molecule has 0 aliphatic rings. The van der Waals surface area contributed by atoms with Crippen LogP contribution in [0, 0.1) is 5.82 Å². The molecule has 0 amide bonds. The molecule has 2 N–H and O–H groups in total. The van der Waals surface area contributed by atoms with E-state index in [-0.39, 0.29) is 23.7 Å². The first-order chi connectivity index (χ1) is 10.0. The molecule has 3 nitrogen and oxygen atoms in total. The topological polar surface area (TPSA) is 41.5 Å². The number of hydrogen-bond acceptors (Lipinski definition) is 3. The molecule has 0 aromatic heterocycles. The standard InChI is InChI=1S/C17H20FNO2/c1-11(13-4-6-14(18)7-5-13)19-12(2)16-10-15(21-3)8-9-17(16)20/h4-12,19-20H,1-3H3/t11-,12?/m1/s1. The molecular formula is C17H20FNO2. The Kier molecular flexibility index (Phi) is 4.81. The van der Waals surface area contributed by atoms with Gasteiger partial charge in [-0.05, 0) is 49.7 Å². The molecule has 4 heteroatoms. The molecule has 2 aromatic carbocycles. The Morgan fingerprint density at radius 3 is 2.33 bits per heavy atom. The normalized spacial score (nSPS) is 13.7. The lowest BCUT2D eigenvalue weighted by Gasteiger charge is -2.22. The highest BCUT2D eigenvalue weighted by atomic mass is 19.1. The van der Waals surface area contributed by atoms with Crippen LogP contribution in [0.2, 0.25) is 0 Å². The molecule has 0 bridgehead atoms. The minimum absolute atomic E-state index is 0.0335. The number of phenolic OH excluding ortho intramolecular Hbond substituents is 1. The van der Waals surface area contributed by atoms with E-state index in [2.05, 4.69) is 5.32 Å². The molecule has 0 heterocycles. The molecule has 2 aromatic rings. The molecule has 2 rings (SSSR count). The maximum Gasteiger partial charge on any atom is 0.123 e. The van der Waals surface area contributed by atoms with Gasteiger partial charge in [0.05, 0.1) is 7.11 Å². The van der Waals surface area contributed by atoms with Crippen LogP contribution in [-0.2, 0) is 0 Å². The van der Waals surface area contributed by atoms with Crippen LogP contribution < -0.4 is 10.1 Å². The van der Waals surface area contributed by atoms with Gasteiger partial charge in [-0.15, -0.1) is 0 Å². The molecule has 0 saturated carbocycles. The lowest BCUT2D eigenvalue weighted by Crippen LogP contribution is -2.22. The van der Waals surface area contributed by atoms with Gasteiger partial charge in [-0.3, -0.25) is 0 Å². The van der Waals surface area contributed by atoms with Crippen LogP contribution >= 0.6 is 0 Å². The van der Waals surface area contributed by atoms with Gasteiger partial charge < -0.3 is 15.2 Å². The number of ether oxygens (including phenoxy) is 1. The predicted molar refractivity (Wildman–Crippen MR) is 81.0 cm³/mol. The van der Waals surface area contributed by atoms with Gasteiger partial charge in [-0.2, -0.15) is 0 Å². The van der Waals surface area contributed by atoms with Crippen LogP contribution in [0.5, 0.6) is 11.5 Å². The summed E-state index contributed by atoms with van der Waals surface area (Å²) in [6, 6.07) is 11.5. The lowest BCUT2D eigenvalue weighted by atomic mass is 10.0. The van der Waals surface area contributed by atoms with Crippen molar-refractivity contribution in [2.24, 2.45) is 0 Å². The van der Waals surface area contributed by atoms with Gasteiger partial charge in [0.25, 0.3) is 0 Å². The second kappa shape index (κ2) is 6.59. The highest BCUT2D eigenvalue weighted by Crippen LogP contribution is 2.29. The number of aromatic hydroxyl groups is 1. The molecular weight excluding hydrogens is 269 g/mol. The van der Waals surface area contributed by atoms with Gasteiger partial charge in [-0.1, -0.05) is 12.1 Å². The molecule has 112 valence electrons. The van der Waals surface area contributed by atoms with Crippen molar-refractivity contribution in [3.63, 3.8) is 0 Å². The third-order valence-electron chi connectivity index (χ3n) is 3.57. The third kappa shape index (κ3) is 3.73. The fourth-order valence-electron chi connectivity index (χ4n) is 2.32. The van der Waals surface area contributed by atoms with Crippen LogP contribution in [0.25, 0.3) is 0 Å². The number of rotatable bonds is 5. The maximum absolute atomic E-state index is 12.9. The summed E-state index contributed by atoms with van der Waals surface area (Å²) in [5.74, 6) is 0.678. The van der Waals surface area contributed by atoms with Gasteiger partial charge in [0, 0.05) is 17.6 Å². The maximum atomic E-state index is 12.9. The van der Waals surface area contributed by atoms with Crippen molar-refractivity contribution >= 4 is 0 Å². The fourth-order valence-corrected chi connectivity index (χ4v) is 2.32. The Morgan fingerprint density at radius 2 is 1.71 bits per heavy atom. The molecule has 21 heavy (non-hydrogen) atoms. The van der Waals surface area contributed by atoms with E-state index in [4.69, 9.17) is 4.74 Å². The van der Waals surface area contributed by atoms with Gasteiger partial charge >= 0.3 is 0 Å². The summed E-state index contributed by atoms with van der Waals surface area (Å²) < 4.78 is 18.1. The van der Waals surface area contributed by atoms with Crippen molar-refractivity contribution in [3.05, 3.63) is 59.4 Å². The predicted octanol–water partition coefficient (Wildman–Crippen LogP) is 3.95. The second-order valence-electron chi connectivity index (χ2n) is 5.09. The summed E-state index contributed by atoms with van der Waals surface area (Å²) in [5, 5.41) is 13.4. The van der Waals surface area contributed by atoms with E-state index in [1.165, 1.54) is 12.1 Å². The average Bonchev–Trinajstić information content (AvgIpc) is 2.48. The Hall–Kier alpha value is -2.07. The number of halogens is 1. The Bertz CT molecular complexity index is 598. The number of nitrogens with one attached hydrogen (secondary N) is 1. The van der Waals surface area contributed by atoms with Crippen molar-refractivity contribution in [1.29, 1.82) is 0 Å². The second-order valence-corrected chi connectivity index (χ2v) is 5.09. The molecule has 1 unspecified atom stereocenters. The van der Waals surface area contributed by atoms with E-state index in [9.17, 15) is 9.50 Å². The first-order valence-electron chi connectivity index (χ1n) is 6.89. The zero-order chi connectivity index (χ0) is 15.4. The summed E-state index contributed by atoms with van der Waals surface area (Å²) in [7, 11) is 1.59. The number of phenols is 1. The fraction of sp³-hybridized carbons (Fsp3) is 0.294. The first kappa shape index (κ1) is 15.3. The zero-order valence-electron chi connectivity index (χ0n) is 12.4. The Labute approximate surface area is 124 Å². The molecule has 0 spiro atoms. The van der Waals surface area contributed by atoms with Crippen molar-refractivity contribution in [1.82, 2.24) is 5.32 Å². The summed E-state index contributed by atoms with van der Waals surface area (Å²) in [4.78, 5) is 0. The Balaban J connectivity index is 2.13. The van der Waals surface area contributed by atoms with Crippen molar-refractivity contribution in [2.45, 2.75) is 25.9 Å². The van der Waals surface area contributed by atoms with Crippen molar-refractivity contribution < 1.29 is 14.2 Å². The highest BCUT2D eigenvalue weighted by Gasteiger charge is 2.15. The summed E-state index contributed by atoms with van der Waals surface area (Å²) in [6.45, 7) is 3.97. The first-order valence-corrected chi connectivity index (χ1v) is 6.89. The van der Waals surface area contributed by atoms with Crippen LogP contribution in [0.1, 0.15) is 37.1 Å². The van der Waals surface area contributed by atoms with E-state index in [1.54, 1.807) is 31.4 Å². The number of methoxy groups -OCH3 is 1. The van der Waals surface area contributed by atoms with Crippen LogP contribution in [0.15, 0.2) is 42.5 Å². The zero-order valence-corrected chi connectivity index (χ0v) is 12.4. The monoisotopic (exact) mass is 289 g/mol. The summed E-state index contributed by atoms with van der Waals surface area (Å²) in [6.07, 6.45) is 0. The number of benzene rings is 2. The van der Waals surface area contributed by atoms with Crippen LogP contribution in [0.3, 0.4) is 0 Å². The Morgan fingerprint density at radius 1 is 1.05 bits per heavy atom. The quantitative estimate of drug-likeness (QED) is 0.875. The molecule has 0 aliphatic carbocycles. The molecule has 2 atom stereocenters. The van der Waals surface area contributed by atoms with Crippen LogP contribution in [-0.4, -0.2) is 12.2 Å². The van der Waals surface area contributed by atoms with E-state index >= 15 is 0 Å². The minimum Gasteiger partial charge on any atom is -0.508 e. The van der Waals surface area contributed by atoms with E-state index in [0.29, 0.717) is 5.75 Å². The molecule has 0 radical (unpaired) electrons. The van der Waals surface area contributed by atoms with Crippen molar-refractivity contribution in [3.8, 4) is 11.5 Å². The third-order valence-corrected chi connectivity index (χ3v) is 3.57. The average molecular weight is 289 g/mol. The molecule has 0 fully saturated rings. The molecule has 0 saturated heterocycles. The lowest BCUT2D eigenvalue weighted by molar-refractivity contribution is 0.405. The molecule has 0 aliphatic heterocycles. The highest BCUT2D eigenvalue weighted by molar-refractivity contribution is 5.41. The van der Waals surface area contributed by atoms with E-state index < -0.39 is 0 Å². The van der Waals surface area contributed by atoms with Crippen molar-refractivity contribution in [2.75, 3.05) is 7.11 Å². The SMILES string of the molecule is COc1ccc(O)c(C(C)N[C@H](C)c2ccc(F)cc2)c1.